The standard InChI is InChI=1S/C25H28N8O3/c1-31(2)10-9-18-19(22(26)35)7-4-8-20(18)33-25-21(29-30-33)24(32-11-13-36-14-12-32)27-23(28-25)16-5-3-6-17(34)15-16/h3-8,15,34H,9-14H2,1-2H3,(H2,26,35). The van der Waals surface area contributed by atoms with Crippen molar-refractivity contribution < 1.29 is 14.6 Å². The molecule has 1 saturated heterocycles. The van der Waals surface area contributed by atoms with Gasteiger partial charge in [-0.2, -0.15) is 4.68 Å². The number of anilines is 1. The van der Waals surface area contributed by atoms with Crippen LogP contribution in [-0.2, 0) is 11.2 Å². The monoisotopic (exact) mass is 488 g/mol. The number of aromatic nitrogens is 5. The van der Waals surface area contributed by atoms with Crippen LogP contribution < -0.4 is 10.6 Å². The van der Waals surface area contributed by atoms with Crippen molar-refractivity contribution in [3.05, 3.63) is 53.6 Å². The minimum atomic E-state index is -0.501. The lowest BCUT2D eigenvalue weighted by molar-refractivity contribution is 0.0999. The van der Waals surface area contributed by atoms with Gasteiger partial charge in [0.2, 0.25) is 5.91 Å². The summed E-state index contributed by atoms with van der Waals surface area (Å²) in [7, 11) is 3.95. The summed E-state index contributed by atoms with van der Waals surface area (Å²) in [6, 6.07) is 12.2. The highest BCUT2D eigenvalue weighted by Crippen LogP contribution is 2.30. The maximum Gasteiger partial charge on any atom is 0.249 e. The number of nitrogens with zero attached hydrogens (tertiary/aromatic N) is 7. The Balaban J connectivity index is 1.73. The first-order valence-corrected chi connectivity index (χ1v) is 11.7. The molecule has 1 fully saturated rings. The quantitative estimate of drug-likeness (QED) is 0.398. The molecule has 1 amide bonds. The van der Waals surface area contributed by atoms with E-state index in [1.54, 1.807) is 35.0 Å². The van der Waals surface area contributed by atoms with Crippen LogP contribution in [0.2, 0.25) is 0 Å². The van der Waals surface area contributed by atoms with Crippen molar-refractivity contribution in [2.24, 2.45) is 5.73 Å². The van der Waals surface area contributed by atoms with Crippen LogP contribution in [-0.4, -0.2) is 87.8 Å². The van der Waals surface area contributed by atoms with Crippen LogP contribution in [0.1, 0.15) is 15.9 Å². The van der Waals surface area contributed by atoms with Gasteiger partial charge in [-0.25, -0.2) is 9.97 Å². The third-order valence-electron chi connectivity index (χ3n) is 6.15. The van der Waals surface area contributed by atoms with Crippen molar-refractivity contribution in [3.8, 4) is 22.8 Å². The van der Waals surface area contributed by atoms with Gasteiger partial charge in [-0.3, -0.25) is 4.79 Å². The largest absolute Gasteiger partial charge is 0.508 e. The van der Waals surface area contributed by atoms with Crippen LogP contribution in [0.4, 0.5) is 5.82 Å². The van der Waals surface area contributed by atoms with Crippen molar-refractivity contribution in [3.63, 3.8) is 0 Å². The number of benzene rings is 2. The van der Waals surface area contributed by atoms with Crippen molar-refractivity contribution in [1.82, 2.24) is 29.9 Å². The molecule has 186 valence electrons. The summed E-state index contributed by atoms with van der Waals surface area (Å²) in [6.07, 6.45) is 0.587. The molecule has 11 heteroatoms. The lowest BCUT2D eigenvalue weighted by Crippen LogP contribution is -2.37. The predicted molar refractivity (Wildman–Crippen MR) is 135 cm³/mol. The number of hydrogen-bond donors (Lipinski definition) is 2. The Morgan fingerprint density at radius 1 is 1.14 bits per heavy atom. The number of likely N-dealkylation sites (N-methyl/N-ethyl adjacent to an activating group) is 1. The third kappa shape index (κ3) is 4.58. The number of ether oxygens (including phenoxy) is 1. The first-order chi connectivity index (χ1) is 17.4. The molecule has 2 aromatic heterocycles. The minimum Gasteiger partial charge on any atom is -0.508 e. The van der Waals surface area contributed by atoms with Gasteiger partial charge in [-0.15, -0.1) is 5.10 Å². The van der Waals surface area contributed by atoms with Gasteiger partial charge in [0, 0.05) is 30.8 Å². The SMILES string of the molecule is CN(C)CCc1c(C(N)=O)cccc1-n1nnc2c(N3CCOCC3)nc(-c3cccc(O)c3)nc21. The molecule has 0 bridgehead atoms. The average molecular weight is 489 g/mol. The fraction of sp³-hybridized carbons (Fsp3) is 0.320. The van der Waals surface area contributed by atoms with E-state index in [-0.39, 0.29) is 5.75 Å². The lowest BCUT2D eigenvalue weighted by Gasteiger charge is -2.28. The van der Waals surface area contributed by atoms with Crippen LogP contribution in [0.15, 0.2) is 42.5 Å². The molecular weight excluding hydrogens is 460 g/mol. The molecule has 0 radical (unpaired) electrons. The number of primary amides is 1. The van der Waals surface area contributed by atoms with E-state index in [2.05, 4.69) is 15.2 Å². The highest BCUT2D eigenvalue weighted by molar-refractivity contribution is 5.95. The van der Waals surface area contributed by atoms with E-state index in [0.29, 0.717) is 78.9 Å². The molecule has 1 aliphatic heterocycles. The number of morpholine rings is 1. The summed E-state index contributed by atoms with van der Waals surface area (Å²) >= 11 is 0. The topological polar surface area (TPSA) is 136 Å². The van der Waals surface area contributed by atoms with E-state index in [1.807, 2.05) is 31.1 Å². The Kier molecular flexibility index (Phi) is 6.49. The van der Waals surface area contributed by atoms with Crippen LogP contribution in [0, 0.1) is 0 Å². The van der Waals surface area contributed by atoms with Crippen LogP contribution in [0.25, 0.3) is 28.2 Å². The highest BCUT2D eigenvalue weighted by atomic mass is 16.5. The van der Waals surface area contributed by atoms with Crippen molar-refractivity contribution in [2.45, 2.75) is 6.42 Å². The van der Waals surface area contributed by atoms with Gasteiger partial charge in [0.1, 0.15) is 5.75 Å². The number of carbonyl (C=O) groups excluding carboxylic acids is 1. The van der Waals surface area contributed by atoms with Crippen LogP contribution in [0.5, 0.6) is 5.75 Å². The number of amides is 1. The van der Waals surface area contributed by atoms with Crippen molar-refractivity contribution in [2.75, 3.05) is 51.8 Å². The second kappa shape index (κ2) is 9.88. The first kappa shape index (κ1) is 23.6. The van der Waals surface area contributed by atoms with E-state index >= 15 is 0 Å². The molecule has 0 aliphatic carbocycles. The van der Waals surface area contributed by atoms with Gasteiger partial charge >= 0.3 is 0 Å². The molecule has 4 aromatic rings. The molecule has 11 nitrogen and oxygen atoms in total. The summed E-state index contributed by atoms with van der Waals surface area (Å²) in [5, 5.41) is 19.0. The van der Waals surface area contributed by atoms with E-state index in [1.165, 1.54) is 0 Å². The van der Waals surface area contributed by atoms with E-state index < -0.39 is 5.91 Å². The number of phenolic OH excluding ortho intramolecular Hbond substituents is 1. The molecule has 3 N–H and O–H groups in total. The maximum atomic E-state index is 12.3. The number of nitrogens with two attached hydrogens (primary N) is 1. The second-order valence-electron chi connectivity index (χ2n) is 8.91. The lowest BCUT2D eigenvalue weighted by atomic mass is 10.0. The smallest absolute Gasteiger partial charge is 0.249 e. The molecule has 1 aliphatic rings. The van der Waals surface area contributed by atoms with E-state index in [0.717, 1.165) is 5.56 Å². The van der Waals surface area contributed by atoms with Crippen LogP contribution in [0.3, 0.4) is 0 Å². The predicted octanol–water partition coefficient (Wildman–Crippen LogP) is 1.62. The van der Waals surface area contributed by atoms with Crippen molar-refractivity contribution in [1.29, 1.82) is 0 Å². The first-order valence-electron chi connectivity index (χ1n) is 11.7. The average Bonchev–Trinajstić information content (AvgIpc) is 3.31. The summed E-state index contributed by atoms with van der Waals surface area (Å²) < 4.78 is 7.17. The molecule has 0 atom stereocenters. The number of hydrogen-bond acceptors (Lipinski definition) is 9. The molecule has 5 rings (SSSR count). The molecular formula is C25H28N8O3. The normalized spacial score (nSPS) is 14.0. The number of carbonyl (C=O) groups is 1. The second-order valence-corrected chi connectivity index (χ2v) is 8.91. The van der Waals surface area contributed by atoms with E-state index in [9.17, 15) is 9.90 Å². The van der Waals surface area contributed by atoms with Crippen molar-refractivity contribution >= 4 is 22.9 Å². The van der Waals surface area contributed by atoms with Gasteiger partial charge in [-0.1, -0.05) is 23.4 Å². The fourth-order valence-corrected chi connectivity index (χ4v) is 4.33. The summed E-state index contributed by atoms with van der Waals surface area (Å²) in [6.45, 7) is 3.19. The van der Waals surface area contributed by atoms with Gasteiger partial charge in [0.25, 0.3) is 0 Å². The number of rotatable bonds is 7. The van der Waals surface area contributed by atoms with Gasteiger partial charge in [0.05, 0.1) is 18.9 Å². The Labute approximate surface area is 208 Å². The molecule has 0 spiro atoms. The van der Waals surface area contributed by atoms with Gasteiger partial charge < -0.3 is 25.4 Å². The number of fused-ring (bicyclic) bond motifs is 1. The van der Waals surface area contributed by atoms with Crippen LogP contribution >= 0.6 is 0 Å². The Hall–Kier alpha value is -4.09. The summed E-state index contributed by atoms with van der Waals surface area (Å²) in [4.78, 5) is 26.1. The summed E-state index contributed by atoms with van der Waals surface area (Å²) in [5.74, 6) is 0.702. The molecule has 2 aromatic carbocycles. The van der Waals surface area contributed by atoms with Gasteiger partial charge in [0.15, 0.2) is 22.8 Å². The minimum absolute atomic E-state index is 0.121. The highest BCUT2D eigenvalue weighted by Gasteiger charge is 2.24. The zero-order valence-corrected chi connectivity index (χ0v) is 20.3. The zero-order valence-electron chi connectivity index (χ0n) is 20.3. The third-order valence-corrected chi connectivity index (χ3v) is 6.15. The Morgan fingerprint density at radius 3 is 2.64 bits per heavy atom. The number of phenols is 1. The Morgan fingerprint density at radius 2 is 1.92 bits per heavy atom. The molecule has 0 saturated carbocycles. The maximum absolute atomic E-state index is 12.3. The van der Waals surface area contributed by atoms with Gasteiger partial charge in [-0.05, 0) is 50.3 Å². The zero-order chi connectivity index (χ0) is 25.2. The number of aromatic hydroxyl groups is 1. The molecule has 3 heterocycles. The molecule has 36 heavy (non-hydrogen) atoms. The Bertz CT molecular complexity index is 1410. The summed E-state index contributed by atoms with van der Waals surface area (Å²) in [5.41, 5.74) is 9.33. The fourth-order valence-electron chi connectivity index (χ4n) is 4.33. The van der Waals surface area contributed by atoms with E-state index in [4.69, 9.17) is 20.4 Å². The molecule has 0 unspecified atom stereocenters.